The predicted molar refractivity (Wildman–Crippen MR) is 147 cm³/mol. The molecule has 1 fully saturated rings. The molecule has 0 saturated carbocycles. The highest BCUT2D eigenvalue weighted by atomic mass is 35.5. The number of hydrogen-bond acceptors (Lipinski definition) is 4. The van der Waals surface area contributed by atoms with Gasteiger partial charge in [0, 0.05) is 34.3 Å². The summed E-state index contributed by atoms with van der Waals surface area (Å²) in [5.41, 5.74) is 8.32. The summed E-state index contributed by atoms with van der Waals surface area (Å²) in [6.07, 6.45) is 3.29. The molecule has 6 nitrogen and oxygen atoms in total. The number of benzene rings is 3. The van der Waals surface area contributed by atoms with Gasteiger partial charge < -0.3 is 4.74 Å². The minimum absolute atomic E-state index is 0.209. The molecule has 6 rings (SSSR count). The molecule has 3 aromatic carbocycles. The van der Waals surface area contributed by atoms with Crippen LogP contribution in [0.25, 0.3) is 28.1 Å². The van der Waals surface area contributed by atoms with Gasteiger partial charge >= 0.3 is 0 Å². The zero-order chi connectivity index (χ0) is 25.5. The first-order valence-corrected chi connectivity index (χ1v) is 13.3. The summed E-state index contributed by atoms with van der Waals surface area (Å²) >= 11 is 18.8. The van der Waals surface area contributed by atoms with Crippen molar-refractivity contribution in [2.75, 3.05) is 13.1 Å². The molecule has 2 aliphatic heterocycles. The second-order valence-corrected chi connectivity index (χ2v) is 10.5. The van der Waals surface area contributed by atoms with Crippen molar-refractivity contribution in [1.29, 1.82) is 0 Å². The Kier molecular flexibility index (Phi) is 6.59. The second kappa shape index (κ2) is 10.0. The third-order valence-electron chi connectivity index (χ3n) is 6.74. The van der Waals surface area contributed by atoms with Gasteiger partial charge in [-0.25, -0.2) is 9.69 Å². The number of hydrazine groups is 1. The number of nitrogens with one attached hydrogen (secondary N) is 1. The molecule has 0 radical (unpaired) electrons. The highest BCUT2D eigenvalue weighted by Crippen LogP contribution is 2.43. The van der Waals surface area contributed by atoms with Crippen LogP contribution in [0.5, 0.6) is 5.75 Å². The van der Waals surface area contributed by atoms with Crippen LogP contribution in [0.1, 0.15) is 35.3 Å². The molecule has 0 bridgehead atoms. The van der Waals surface area contributed by atoms with Crippen molar-refractivity contribution in [1.82, 2.24) is 20.2 Å². The molecule has 2 aliphatic rings. The summed E-state index contributed by atoms with van der Waals surface area (Å²) in [4.78, 5) is 13.4. The molecule has 3 heterocycles. The van der Waals surface area contributed by atoms with E-state index in [4.69, 9.17) is 44.6 Å². The van der Waals surface area contributed by atoms with E-state index in [-0.39, 0.29) is 12.5 Å². The fourth-order valence-electron chi connectivity index (χ4n) is 4.89. The lowest BCUT2D eigenvalue weighted by molar-refractivity contribution is 0.0742. The van der Waals surface area contributed by atoms with Gasteiger partial charge in [-0.2, -0.15) is 5.10 Å². The number of halogens is 3. The third kappa shape index (κ3) is 4.71. The molecular formula is C28H23Cl3N4O2. The molecule has 4 aromatic rings. The van der Waals surface area contributed by atoms with Crippen LogP contribution < -0.4 is 10.2 Å². The summed E-state index contributed by atoms with van der Waals surface area (Å²) < 4.78 is 7.91. The number of ether oxygens (including phenoxy) is 1. The van der Waals surface area contributed by atoms with E-state index in [1.54, 1.807) is 16.8 Å². The van der Waals surface area contributed by atoms with Crippen LogP contribution in [-0.4, -0.2) is 33.8 Å². The van der Waals surface area contributed by atoms with E-state index in [1.807, 2.05) is 53.5 Å². The van der Waals surface area contributed by atoms with Gasteiger partial charge in [0.15, 0.2) is 5.69 Å². The van der Waals surface area contributed by atoms with Crippen LogP contribution in [0.4, 0.5) is 0 Å². The number of carbonyl (C=O) groups excluding carboxylic acids is 1. The lowest BCUT2D eigenvalue weighted by Crippen LogP contribution is -2.45. The van der Waals surface area contributed by atoms with Crippen LogP contribution in [0.2, 0.25) is 15.1 Å². The summed E-state index contributed by atoms with van der Waals surface area (Å²) in [7, 11) is 0. The fourth-order valence-corrected chi connectivity index (χ4v) is 5.50. The second-order valence-electron chi connectivity index (χ2n) is 9.18. The first-order valence-electron chi connectivity index (χ1n) is 12.1. The number of hydrogen-bond donors (Lipinski definition) is 1. The zero-order valence-electron chi connectivity index (χ0n) is 19.8. The Labute approximate surface area is 229 Å². The summed E-state index contributed by atoms with van der Waals surface area (Å²) in [5.74, 6) is 0.445. The van der Waals surface area contributed by atoms with Gasteiger partial charge in [-0.1, -0.05) is 59.4 Å². The van der Waals surface area contributed by atoms with Crippen molar-refractivity contribution in [3.8, 4) is 33.8 Å². The van der Waals surface area contributed by atoms with Crippen molar-refractivity contribution >= 4 is 40.7 Å². The van der Waals surface area contributed by atoms with Crippen LogP contribution in [0, 0.1) is 0 Å². The molecular weight excluding hydrogens is 531 g/mol. The Morgan fingerprint density at radius 1 is 0.865 bits per heavy atom. The Morgan fingerprint density at radius 2 is 1.59 bits per heavy atom. The van der Waals surface area contributed by atoms with E-state index in [2.05, 4.69) is 5.43 Å². The molecule has 9 heteroatoms. The highest BCUT2D eigenvalue weighted by molar-refractivity contribution is 6.35. The number of fused-ring (bicyclic) bond motifs is 3. The molecule has 0 atom stereocenters. The monoisotopic (exact) mass is 552 g/mol. The van der Waals surface area contributed by atoms with E-state index in [0.717, 1.165) is 48.3 Å². The maximum Gasteiger partial charge on any atom is 0.286 e. The number of nitrogens with zero attached hydrogens (tertiary/aromatic N) is 3. The van der Waals surface area contributed by atoms with Crippen molar-refractivity contribution in [3.63, 3.8) is 0 Å². The van der Waals surface area contributed by atoms with Crippen LogP contribution in [-0.2, 0) is 6.61 Å². The quantitative estimate of drug-likeness (QED) is 0.291. The van der Waals surface area contributed by atoms with Gasteiger partial charge in [0.25, 0.3) is 5.91 Å². The first kappa shape index (κ1) is 24.3. The molecule has 1 saturated heterocycles. The zero-order valence-corrected chi connectivity index (χ0v) is 22.1. The summed E-state index contributed by atoms with van der Waals surface area (Å²) in [6, 6.07) is 18.9. The van der Waals surface area contributed by atoms with Gasteiger partial charge in [-0.15, -0.1) is 0 Å². The lowest BCUT2D eigenvalue weighted by Gasteiger charge is -2.26. The van der Waals surface area contributed by atoms with E-state index >= 15 is 0 Å². The fraction of sp³-hybridized carbons (Fsp3) is 0.214. The van der Waals surface area contributed by atoms with Crippen molar-refractivity contribution in [3.05, 3.63) is 87.0 Å². The maximum absolute atomic E-state index is 13.4. The van der Waals surface area contributed by atoms with Crippen LogP contribution in [0.15, 0.2) is 60.7 Å². The van der Waals surface area contributed by atoms with Gasteiger partial charge in [0.05, 0.1) is 16.4 Å². The normalized spacial score (nSPS) is 15.0. The molecule has 0 aliphatic carbocycles. The van der Waals surface area contributed by atoms with Crippen molar-refractivity contribution in [2.24, 2.45) is 0 Å². The standard InChI is InChI=1S/C28H23Cl3N4O2/c29-19-7-4-17(5-8-19)18-6-10-21-25(14-18)37-16-22-26(28(36)33-34-12-2-1-3-13-34)32-35(27(21)22)24-11-9-20(30)15-23(24)31/h4-11,14-15H,1-3,12-13,16H2,(H,33,36). The number of rotatable bonds is 4. The van der Waals surface area contributed by atoms with E-state index < -0.39 is 0 Å². The average molecular weight is 554 g/mol. The molecule has 1 N–H and O–H groups in total. The summed E-state index contributed by atoms with van der Waals surface area (Å²) in [6.45, 7) is 1.86. The van der Waals surface area contributed by atoms with E-state index in [9.17, 15) is 4.79 Å². The number of carbonyl (C=O) groups is 1. The molecule has 1 amide bonds. The molecule has 188 valence electrons. The number of aromatic nitrogens is 2. The molecule has 0 unspecified atom stereocenters. The van der Waals surface area contributed by atoms with E-state index in [1.165, 1.54) is 6.42 Å². The number of amides is 1. The average Bonchev–Trinajstić information content (AvgIpc) is 3.29. The van der Waals surface area contributed by atoms with Crippen molar-refractivity contribution in [2.45, 2.75) is 25.9 Å². The van der Waals surface area contributed by atoms with Gasteiger partial charge in [-0.3, -0.25) is 10.2 Å². The minimum atomic E-state index is -0.258. The van der Waals surface area contributed by atoms with E-state index in [0.29, 0.717) is 37.8 Å². The smallest absolute Gasteiger partial charge is 0.286 e. The SMILES string of the molecule is O=C(NN1CCCCC1)c1nn(-c2ccc(Cl)cc2Cl)c2c1COc1cc(-c3ccc(Cl)cc3)ccc1-2. The number of piperidine rings is 1. The topological polar surface area (TPSA) is 59.4 Å². The predicted octanol–water partition coefficient (Wildman–Crippen LogP) is 7.19. The largest absolute Gasteiger partial charge is 0.488 e. The Balaban J connectivity index is 1.46. The van der Waals surface area contributed by atoms with Gasteiger partial charge in [0.1, 0.15) is 12.4 Å². The summed E-state index contributed by atoms with van der Waals surface area (Å²) in [5, 5.41) is 8.36. The maximum atomic E-state index is 13.4. The van der Waals surface area contributed by atoms with Gasteiger partial charge in [-0.05, 0) is 66.4 Å². The minimum Gasteiger partial charge on any atom is -0.488 e. The molecule has 37 heavy (non-hydrogen) atoms. The highest BCUT2D eigenvalue weighted by Gasteiger charge is 2.31. The Hall–Kier alpha value is -3.03. The van der Waals surface area contributed by atoms with Crippen molar-refractivity contribution < 1.29 is 9.53 Å². The van der Waals surface area contributed by atoms with Gasteiger partial charge in [0.2, 0.25) is 0 Å². The first-order chi connectivity index (χ1) is 18.0. The third-order valence-corrected chi connectivity index (χ3v) is 7.53. The Bertz CT molecular complexity index is 1490. The van der Waals surface area contributed by atoms with Crippen LogP contribution >= 0.6 is 34.8 Å². The van der Waals surface area contributed by atoms with Crippen LogP contribution in [0.3, 0.4) is 0 Å². The Morgan fingerprint density at radius 3 is 2.35 bits per heavy atom. The molecule has 1 aromatic heterocycles. The molecule has 0 spiro atoms. The lowest BCUT2D eigenvalue weighted by atomic mass is 9.97.